The summed E-state index contributed by atoms with van der Waals surface area (Å²) in [4.78, 5) is 1.22. The molecule has 2 aromatic carbocycles. The molecular formula is C38H63NNiO2S. The van der Waals surface area contributed by atoms with Gasteiger partial charge in [0, 0.05) is 9.79 Å². The maximum absolute atomic E-state index is 12.2. The standard InChI is InChI=1S/C20H26O2S.C18H39N.Ni/c1-19(2,3)13-7-9-15(21)17(11-13)23-18-12-14(20(4,5)6)8-10-16(18)22;1-2-3-4-5-6-7-8-9-10-11-12-13-14-15-16-17-18-19;/h7-12,21-22H,1-6H3;2-19H2,1H3;/q;;+2/p-2. The van der Waals surface area contributed by atoms with Gasteiger partial charge in [-0.3, -0.25) is 0 Å². The van der Waals surface area contributed by atoms with Crippen molar-refractivity contribution in [3.63, 3.8) is 0 Å². The van der Waals surface area contributed by atoms with Crippen LogP contribution in [0.5, 0.6) is 11.5 Å². The Labute approximate surface area is 280 Å². The molecule has 0 amide bonds. The average Bonchev–Trinajstić information content (AvgIpc) is 2.92. The molecular weight excluding hydrogens is 593 g/mol. The van der Waals surface area contributed by atoms with Gasteiger partial charge >= 0.3 is 16.5 Å². The van der Waals surface area contributed by atoms with Crippen LogP contribution < -0.4 is 15.9 Å². The van der Waals surface area contributed by atoms with Gasteiger partial charge in [0.15, 0.2) is 0 Å². The van der Waals surface area contributed by atoms with Crippen LogP contribution in [-0.4, -0.2) is 6.54 Å². The fourth-order valence-corrected chi connectivity index (χ4v) is 5.87. The van der Waals surface area contributed by atoms with Crippen LogP contribution in [0.2, 0.25) is 0 Å². The SMILES string of the molecule is CC(C)(C)c1ccc([O-])c(Sc2cc(C(C)(C)C)ccc2[O-])c1.CCCCCCCCCCCCCCCCCCN.[Ni+2]. The first-order chi connectivity index (χ1) is 19.9. The van der Waals surface area contributed by atoms with Gasteiger partial charge in [-0.05, 0) is 47.1 Å². The Bertz CT molecular complexity index is 903. The molecule has 0 unspecified atom stereocenters. The second-order valence-electron chi connectivity index (χ2n) is 14.0. The van der Waals surface area contributed by atoms with Crippen LogP contribution in [-0.2, 0) is 27.3 Å². The Kier molecular flexibility index (Phi) is 22.6. The van der Waals surface area contributed by atoms with E-state index in [4.69, 9.17) is 5.73 Å². The molecule has 2 N–H and O–H groups in total. The molecule has 5 heteroatoms. The van der Waals surface area contributed by atoms with E-state index in [-0.39, 0.29) is 38.8 Å². The van der Waals surface area contributed by atoms with Crippen LogP contribution in [0.25, 0.3) is 0 Å². The third-order valence-corrected chi connectivity index (χ3v) is 8.97. The van der Waals surface area contributed by atoms with Crippen LogP contribution >= 0.6 is 11.8 Å². The zero-order valence-electron chi connectivity index (χ0n) is 28.6. The van der Waals surface area contributed by atoms with E-state index in [9.17, 15) is 10.2 Å². The van der Waals surface area contributed by atoms with E-state index in [2.05, 4.69) is 48.5 Å². The van der Waals surface area contributed by atoms with Gasteiger partial charge in [0.05, 0.1) is 0 Å². The summed E-state index contributed by atoms with van der Waals surface area (Å²) < 4.78 is 0. The van der Waals surface area contributed by atoms with Crippen molar-refractivity contribution in [3.8, 4) is 11.5 Å². The van der Waals surface area contributed by atoms with Crippen LogP contribution in [0, 0.1) is 0 Å². The molecule has 0 fully saturated rings. The van der Waals surface area contributed by atoms with E-state index in [1.165, 1.54) is 114 Å². The van der Waals surface area contributed by atoms with E-state index in [1.807, 2.05) is 24.3 Å². The van der Waals surface area contributed by atoms with Crippen molar-refractivity contribution in [2.24, 2.45) is 5.73 Å². The second-order valence-corrected chi connectivity index (χ2v) is 15.1. The van der Waals surface area contributed by atoms with Gasteiger partial charge in [-0.1, -0.05) is 192 Å². The molecule has 0 saturated heterocycles. The first kappa shape index (κ1) is 41.8. The molecule has 0 aromatic heterocycles. The molecule has 2 aromatic rings. The van der Waals surface area contributed by atoms with Gasteiger partial charge in [0.1, 0.15) is 0 Å². The first-order valence-electron chi connectivity index (χ1n) is 16.9. The number of rotatable bonds is 18. The Morgan fingerprint density at radius 2 is 0.837 bits per heavy atom. The molecule has 0 radical (unpaired) electrons. The minimum atomic E-state index is -0.0384. The van der Waals surface area contributed by atoms with Crippen LogP contribution in [0.15, 0.2) is 46.2 Å². The third-order valence-electron chi connectivity index (χ3n) is 7.90. The topological polar surface area (TPSA) is 72.1 Å². The van der Waals surface area contributed by atoms with Crippen molar-refractivity contribution >= 4 is 11.8 Å². The Morgan fingerprint density at radius 1 is 0.535 bits per heavy atom. The van der Waals surface area contributed by atoms with E-state index < -0.39 is 0 Å². The Morgan fingerprint density at radius 3 is 1.12 bits per heavy atom. The molecule has 0 aliphatic heterocycles. The molecule has 0 aliphatic rings. The quantitative estimate of drug-likeness (QED) is 0.128. The molecule has 248 valence electrons. The molecule has 43 heavy (non-hydrogen) atoms. The predicted molar refractivity (Wildman–Crippen MR) is 182 cm³/mol. The van der Waals surface area contributed by atoms with Gasteiger partial charge in [0.25, 0.3) is 0 Å². The molecule has 0 bridgehead atoms. The summed E-state index contributed by atoms with van der Waals surface area (Å²) in [6.45, 7) is 15.8. The van der Waals surface area contributed by atoms with Crippen molar-refractivity contribution < 1.29 is 26.7 Å². The van der Waals surface area contributed by atoms with Crippen molar-refractivity contribution in [3.05, 3.63) is 47.5 Å². The summed E-state index contributed by atoms with van der Waals surface area (Å²) in [6, 6.07) is 10.8. The maximum atomic E-state index is 12.2. The predicted octanol–water partition coefficient (Wildman–Crippen LogP) is 10.8. The zero-order valence-corrected chi connectivity index (χ0v) is 30.4. The van der Waals surface area contributed by atoms with E-state index in [1.54, 1.807) is 12.1 Å². The summed E-state index contributed by atoms with van der Waals surface area (Å²) >= 11 is 1.28. The normalized spacial score (nSPS) is 11.5. The first-order valence-corrected chi connectivity index (χ1v) is 17.7. The fourth-order valence-electron chi connectivity index (χ4n) is 4.92. The Balaban J connectivity index is 0.000000819. The Hall–Kier alpha value is -1.16. The zero-order chi connectivity index (χ0) is 31.4. The van der Waals surface area contributed by atoms with Gasteiger partial charge < -0.3 is 15.9 Å². The summed E-state index contributed by atoms with van der Waals surface area (Å²) in [6.07, 6.45) is 22.9. The summed E-state index contributed by atoms with van der Waals surface area (Å²) in [7, 11) is 0. The van der Waals surface area contributed by atoms with Crippen molar-refractivity contribution in [1.29, 1.82) is 0 Å². The number of benzene rings is 2. The molecule has 0 atom stereocenters. The van der Waals surface area contributed by atoms with E-state index in [0.717, 1.165) is 17.7 Å². The molecule has 0 saturated carbocycles. The van der Waals surface area contributed by atoms with E-state index in [0.29, 0.717) is 9.79 Å². The van der Waals surface area contributed by atoms with E-state index >= 15 is 0 Å². The number of hydrogen-bond donors (Lipinski definition) is 1. The van der Waals surface area contributed by atoms with Gasteiger partial charge in [-0.2, -0.15) is 0 Å². The smallest absolute Gasteiger partial charge is 0.872 e. The van der Waals surface area contributed by atoms with Crippen molar-refractivity contribution in [2.45, 2.75) is 172 Å². The summed E-state index contributed by atoms with van der Waals surface area (Å²) in [5, 5.41) is 24.3. The fraction of sp³-hybridized carbons (Fsp3) is 0.684. The minimum Gasteiger partial charge on any atom is -0.872 e. The van der Waals surface area contributed by atoms with Gasteiger partial charge in [0.2, 0.25) is 0 Å². The maximum Gasteiger partial charge on any atom is 2.00 e. The second kappa shape index (κ2) is 23.2. The van der Waals surface area contributed by atoms with Crippen LogP contribution in [0.3, 0.4) is 0 Å². The van der Waals surface area contributed by atoms with Crippen LogP contribution in [0.4, 0.5) is 0 Å². The van der Waals surface area contributed by atoms with Gasteiger partial charge in [-0.15, -0.1) is 0 Å². The molecule has 0 spiro atoms. The van der Waals surface area contributed by atoms with Crippen LogP contribution in [0.1, 0.15) is 162 Å². The average molecular weight is 657 g/mol. The number of nitrogens with two attached hydrogens (primary N) is 1. The molecule has 3 nitrogen and oxygen atoms in total. The van der Waals surface area contributed by atoms with Crippen molar-refractivity contribution in [2.75, 3.05) is 6.54 Å². The van der Waals surface area contributed by atoms with Crippen molar-refractivity contribution in [1.82, 2.24) is 0 Å². The van der Waals surface area contributed by atoms with Gasteiger partial charge in [-0.25, -0.2) is 0 Å². The minimum absolute atomic E-state index is 0. The summed E-state index contributed by atoms with van der Waals surface area (Å²) in [5.41, 5.74) is 7.61. The number of hydrogen-bond acceptors (Lipinski definition) is 4. The molecule has 2 rings (SSSR count). The molecule has 0 aliphatic carbocycles. The monoisotopic (exact) mass is 655 g/mol. The largest absolute Gasteiger partial charge is 2.00 e. The number of unbranched alkanes of at least 4 members (excludes halogenated alkanes) is 15. The molecule has 0 heterocycles. The summed E-state index contributed by atoms with van der Waals surface area (Å²) in [5.74, 6) is -0.0767. The third kappa shape index (κ3) is 19.1.